The summed E-state index contributed by atoms with van der Waals surface area (Å²) in [5, 5.41) is 0. The third-order valence-electron chi connectivity index (χ3n) is 2.55. The van der Waals surface area contributed by atoms with Crippen LogP contribution in [0.2, 0.25) is 0 Å². The van der Waals surface area contributed by atoms with E-state index >= 15 is 0 Å². The highest BCUT2D eigenvalue weighted by Crippen LogP contribution is 2.36. The van der Waals surface area contributed by atoms with Gasteiger partial charge in [0.15, 0.2) is 0 Å². The highest BCUT2D eigenvalue weighted by Gasteiger charge is 2.26. The number of ether oxygens (including phenoxy) is 1. The average molecular weight is 321 g/mol. The smallest absolute Gasteiger partial charge is 0.128 e. The molecule has 0 fully saturated rings. The first-order valence-corrected chi connectivity index (χ1v) is 6.45. The van der Waals surface area contributed by atoms with Crippen molar-refractivity contribution < 1.29 is 9.13 Å². The Hall–Kier alpha value is -0.360. The first kappa shape index (κ1) is 11.1. The van der Waals surface area contributed by atoms with Gasteiger partial charge in [0, 0.05) is 28.0 Å². The number of alkyl halides is 1. The molecule has 0 aliphatic carbocycles. The minimum atomic E-state index is -0.223. The lowest BCUT2D eigenvalue weighted by molar-refractivity contribution is 0.259. The van der Waals surface area contributed by atoms with Crippen molar-refractivity contribution in [3.8, 4) is 5.75 Å². The van der Waals surface area contributed by atoms with Crippen LogP contribution in [0.15, 0.2) is 12.1 Å². The van der Waals surface area contributed by atoms with Gasteiger partial charge in [-0.2, -0.15) is 0 Å². The number of hydrogen-bond acceptors (Lipinski definition) is 2. The van der Waals surface area contributed by atoms with Crippen LogP contribution in [0, 0.1) is 5.82 Å². The largest absolute Gasteiger partial charge is 0.489 e. The van der Waals surface area contributed by atoms with Gasteiger partial charge >= 0.3 is 0 Å². The highest BCUT2D eigenvalue weighted by molar-refractivity contribution is 14.1. The molecule has 2 unspecified atom stereocenters. The van der Waals surface area contributed by atoms with Crippen LogP contribution in [0.3, 0.4) is 0 Å². The highest BCUT2D eigenvalue weighted by atomic mass is 127. The first-order valence-electron chi connectivity index (χ1n) is 4.92. The zero-order valence-electron chi connectivity index (χ0n) is 8.47. The van der Waals surface area contributed by atoms with Crippen LogP contribution < -0.4 is 10.5 Å². The maximum Gasteiger partial charge on any atom is 0.128 e. The molecule has 0 spiro atoms. The Kier molecular flexibility index (Phi) is 3.16. The fourth-order valence-electron chi connectivity index (χ4n) is 1.85. The minimum absolute atomic E-state index is 0.167. The lowest BCUT2D eigenvalue weighted by Gasteiger charge is -2.12. The van der Waals surface area contributed by atoms with Crippen LogP contribution in [0.25, 0.3) is 0 Å². The number of halogens is 2. The lowest BCUT2D eigenvalue weighted by Crippen LogP contribution is -2.14. The zero-order valence-corrected chi connectivity index (χ0v) is 10.6. The van der Waals surface area contributed by atoms with Crippen molar-refractivity contribution in [2.24, 2.45) is 5.73 Å². The molecule has 15 heavy (non-hydrogen) atoms. The SMILES string of the molecule is CC(N)c1cc(F)cc2c1OC(CI)C2. The van der Waals surface area contributed by atoms with Gasteiger partial charge in [-0.3, -0.25) is 0 Å². The van der Waals surface area contributed by atoms with E-state index in [4.69, 9.17) is 10.5 Å². The van der Waals surface area contributed by atoms with Gasteiger partial charge in [0.25, 0.3) is 0 Å². The summed E-state index contributed by atoms with van der Waals surface area (Å²) in [5.74, 6) is 0.576. The molecule has 1 aliphatic heterocycles. The minimum Gasteiger partial charge on any atom is -0.489 e. The Morgan fingerprint density at radius 1 is 1.67 bits per heavy atom. The molecule has 0 amide bonds. The molecule has 1 aromatic rings. The van der Waals surface area contributed by atoms with Crippen LogP contribution in [-0.2, 0) is 6.42 Å². The molecule has 0 bridgehead atoms. The lowest BCUT2D eigenvalue weighted by atomic mass is 10.0. The molecular weight excluding hydrogens is 308 g/mol. The second-order valence-corrected chi connectivity index (χ2v) is 4.75. The van der Waals surface area contributed by atoms with E-state index in [2.05, 4.69) is 22.6 Å². The number of rotatable bonds is 2. The van der Waals surface area contributed by atoms with Gasteiger partial charge in [-0.25, -0.2) is 4.39 Å². The monoisotopic (exact) mass is 321 g/mol. The molecule has 0 aromatic heterocycles. The summed E-state index contributed by atoms with van der Waals surface area (Å²) in [6, 6.07) is 2.83. The predicted molar refractivity (Wildman–Crippen MR) is 66.0 cm³/mol. The van der Waals surface area contributed by atoms with E-state index in [1.54, 1.807) is 6.07 Å². The van der Waals surface area contributed by atoms with E-state index in [0.29, 0.717) is 0 Å². The predicted octanol–water partition coefficient (Wildman–Crippen LogP) is 2.58. The topological polar surface area (TPSA) is 35.2 Å². The first-order chi connectivity index (χ1) is 7.11. The Morgan fingerprint density at radius 2 is 2.40 bits per heavy atom. The summed E-state index contributed by atoms with van der Waals surface area (Å²) >= 11 is 2.28. The quantitative estimate of drug-likeness (QED) is 0.671. The molecule has 0 radical (unpaired) electrons. The molecular formula is C11H13FINO. The van der Waals surface area contributed by atoms with Crippen LogP contribution in [-0.4, -0.2) is 10.5 Å². The van der Waals surface area contributed by atoms with Gasteiger partial charge < -0.3 is 10.5 Å². The number of fused-ring (bicyclic) bond motifs is 1. The van der Waals surface area contributed by atoms with Crippen molar-refractivity contribution in [1.82, 2.24) is 0 Å². The van der Waals surface area contributed by atoms with Crippen molar-refractivity contribution in [1.29, 1.82) is 0 Å². The molecule has 1 heterocycles. The van der Waals surface area contributed by atoms with E-state index in [0.717, 1.165) is 27.7 Å². The third-order valence-corrected chi connectivity index (χ3v) is 3.54. The molecule has 2 atom stereocenters. The molecule has 82 valence electrons. The van der Waals surface area contributed by atoms with E-state index in [9.17, 15) is 4.39 Å². The van der Waals surface area contributed by atoms with Crippen LogP contribution in [0.5, 0.6) is 5.75 Å². The molecule has 2 N–H and O–H groups in total. The van der Waals surface area contributed by atoms with Gasteiger partial charge in [0.2, 0.25) is 0 Å². The van der Waals surface area contributed by atoms with Crippen molar-refractivity contribution in [3.05, 3.63) is 29.1 Å². The normalized spacial score (nSPS) is 20.9. The Labute approximate surface area is 102 Å². The van der Waals surface area contributed by atoms with Crippen molar-refractivity contribution in [3.63, 3.8) is 0 Å². The average Bonchev–Trinajstić information content (AvgIpc) is 2.58. The van der Waals surface area contributed by atoms with Crippen molar-refractivity contribution >= 4 is 22.6 Å². The van der Waals surface area contributed by atoms with E-state index in [-0.39, 0.29) is 18.0 Å². The standard InChI is InChI=1S/C11H13FINO/c1-6(14)10-4-8(12)2-7-3-9(5-13)15-11(7)10/h2,4,6,9H,3,5,14H2,1H3. The van der Waals surface area contributed by atoms with E-state index in [1.807, 2.05) is 6.92 Å². The summed E-state index contributed by atoms with van der Waals surface area (Å²) in [6.07, 6.45) is 0.954. The number of hydrogen-bond donors (Lipinski definition) is 1. The summed E-state index contributed by atoms with van der Waals surface area (Å²) in [4.78, 5) is 0. The second-order valence-electron chi connectivity index (χ2n) is 3.87. The van der Waals surface area contributed by atoms with Crippen LogP contribution >= 0.6 is 22.6 Å². The van der Waals surface area contributed by atoms with Crippen molar-refractivity contribution in [2.75, 3.05) is 4.43 Å². The maximum absolute atomic E-state index is 13.3. The van der Waals surface area contributed by atoms with Crippen molar-refractivity contribution in [2.45, 2.75) is 25.5 Å². The molecule has 2 nitrogen and oxygen atoms in total. The van der Waals surface area contributed by atoms with Crippen LogP contribution in [0.4, 0.5) is 4.39 Å². The zero-order chi connectivity index (χ0) is 11.0. The van der Waals surface area contributed by atoms with Crippen LogP contribution in [0.1, 0.15) is 24.1 Å². The van der Waals surface area contributed by atoms with Gasteiger partial charge in [-0.1, -0.05) is 22.6 Å². The molecule has 1 aromatic carbocycles. The summed E-state index contributed by atoms with van der Waals surface area (Å²) in [7, 11) is 0. The molecule has 0 saturated carbocycles. The van der Waals surface area contributed by atoms with E-state index in [1.165, 1.54) is 6.07 Å². The maximum atomic E-state index is 13.3. The number of benzene rings is 1. The fraction of sp³-hybridized carbons (Fsp3) is 0.455. The van der Waals surface area contributed by atoms with Gasteiger partial charge in [-0.15, -0.1) is 0 Å². The Morgan fingerprint density at radius 3 is 3.00 bits per heavy atom. The third kappa shape index (κ3) is 2.10. The van der Waals surface area contributed by atoms with Gasteiger partial charge in [0.05, 0.1) is 0 Å². The van der Waals surface area contributed by atoms with Gasteiger partial charge in [-0.05, 0) is 19.1 Å². The molecule has 2 rings (SSSR count). The van der Waals surface area contributed by atoms with Gasteiger partial charge in [0.1, 0.15) is 17.7 Å². The summed E-state index contributed by atoms with van der Waals surface area (Å²) < 4.78 is 20.0. The van der Waals surface area contributed by atoms with E-state index < -0.39 is 0 Å². The second kappa shape index (κ2) is 4.25. The Balaban J connectivity index is 2.43. The molecule has 1 aliphatic rings. The molecule has 4 heteroatoms. The summed E-state index contributed by atoms with van der Waals surface area (Å²) in [6.45, 7) is 1.84. The number of nitrogens with two attached hydrogens (primary N) is 1. The Bertz CT molecular complexity index is 381. The molecule has 0 saturated heterocycles. The fourth-order valence-corrected chi connectivity index (χ4v) is 2.34. The summed E-state index contributed by atoms with van der Waals surface area (Å²) in [5.41, 5.74) is 7.52.